The number of nitrogens with one attached hydrogen (secondary N) is 1. The molecule has 0 saturated heterocycles. The molecule has 0 saturated carbocycles. The fourth-order valence-corrected chi connectivity index (χ4v) is 2.13. The molecule has 0 unspecified atom stereocenters. The van der Waals surface area contributed by atoms with Gasteiger partial charge in [-0.25, -0.2) is 9.50 Å². The number of pyridine rings is 1. The molecule has 3 heterocycles. The maximum absolute atomic E-state index is 4.40. The van der Waals surface area contributed by atoms with E-state index in [-0.39, 0.29) is 6.04 Å². The lowest BCUT2D eigenvalue weighted by Gasteiger charge is -2.13. The number of aromatic nitrogens is 4. The Bertz CT molecular complexity index is 705. The third-order valence-corrected chi connectivity index (χ3v) is 3.23. The van der Waals surface area contributed by atoms with Gasteiger partial charge in [0.05, 0.1) is 11.4 Å². The summed E-state index contributed by atoms with van der Waals surface area (Å²) in [5.41, 5.74) is 3.99. The molecule has 20 heavy (non-hydrogen) atoms. The average molecular weight is 267 g/mol. The van der Waals surface area contributed by atoms with E-state index in [9.17, 15) is 0 Å². The Balaban J connectivity index is 1.70. The molecule has 3 aromatic heterocycles. The van der Waals surface area contributed by atoms with Crippen molar-refractivity contribution in [1.82, 2.24) is 24.9 Å². The van der Waals surface area contributed by atoms with Gasteiger partial charge in [0.15, 0.2) is 5.65 Å². The van der Waals surface area contributed by atoms with Gasteiger partial charge in [0.1, 0.15) is 0 Å². The third-order valence-electron chi connectivity index (χ3n) is 3.23. The van der Waals surface area contributed by atoms with Crippen LogP contribution in [0.5, 0.6) is 0 Å². The zero-order valence-electron chi connectivity index (χ0n) is 11.6. The summed E-state index contributed by atoms with van der Waals surface area (Å²) in [7, 11) is 0. The lowest BCUT2D eigenvalue weighted by molar-refractivity contribution is 0.559. The predicted molar refractivity (Wildman–Crippen MR) is 77.2 cm³/mol. The molecule has 0 bridgehead atoms. The van der Waals surface area contributed by atoms with Crippen molar-refractivity contribution in [2.24, 2.45) is 0 Å². The second-order valence-corrected chi connectivity index (χ2v) is 4.91. The maximum Gasteiger partial charge on any atom is 0.155 e. The molecule has 0 aliphatic carbocycles. The first-order valence-electron chi connectivity index (χ1n) is 6.67. The zero-order valence-corrected chi connectivity index (χ0v) is 11.6. The molecule has 0 aromatic carbocycles. The zero-order chi connectivity index (χ0) is 13.9. The minimum absolute atomic E-state index is 0.200. The maximum atomic E-state index is 4.40. The van der Waals surface area contributed by atoms with E-state index in [2.05, 4.69) is 27.3 Å². The van der Waals surface area contributed by atoms with E-state index in [0.29, 0.717) is 0 Å². The monoisotopic (exact) mass is 267 g/mol. The van der Waals surface area contributed by atoms with E-state index in [1.54, 1.807) is 0 Å². The van der Waals surface area contributed by atoms with E-state index in [1.807, 2.05) is 54.3 Å². The summed E-state index contributed by atoms with van der Waals surface area (Å²) >= 11 is 0. The van der Waals surface area contributed by atoms with Gasteiger partial charge in [-0.05, 0) is 26.0 Å². The highest BCUT2D eigenvalue weighted by atomic mass is 15.2. The Kier molecular flexibility index (Phi) is 3.43. The van der Waals surface area contributed by atoms with Crippen molar-refractivity contribution < 1.29 is 0 Å². The SMILES string of the molecule is Cc1cc2ncc(CN[C@H](C)c3ccccn3)cn2n1. The summed E-state index contributed by atoms with van der Waals surface area (Å²) in [5.74, 6) is 0. The second-order valence-electron chi connectivity index (χ2n) is 4.91. The van der Waals surface area contributed by atoms with Gasteiger partial charge in [-0.2, -0.15) is 5.10 Å². The number of rotatable bonds is 4. The van der Waals surface area contributed by atoms with Crippen LogP contribution < -0.4 is 5.32 Å². The van der Waals surface area contributed by atoms with E-state index in [4.69, 9.17) is 0 Å². The quantitative estimate of drug-likeness (QED) is 0.788. The van der Waals surface area contributed by atoms with Gasteiger partial charge in [0.2, 0.25) is 0 Å². The molecule has 0 radical (unpaired) electrons. The molecular formula is C15H17N5. The molecule has 0 aliphatic heterocycles. The highest BCUT2D eigenvalue weighted by Crippen LogP contribution is 2.10. The standard InChI is InChI=1S/C15H17N5/c1-11-7-15-18-9-13(10-20(15)19-11)8-17-12(2)14-5-3-4-6-16-14/h3-7,9-10,12,17H,8H2,1-2H3/t12-/m1/s1. The van der Waals surface area contributed by atoms with Gasteiger partial charge in [0, 0.05) is 42.8 Å². The van der Waals surface area contributed by atoms with Crippen molar-refractivity contribution >= 4 is 5.65 Å². The number of fused-ring (bicyclic) bond motifs is 1. The highest BCUT2D eigenvalue weighted by molar-refractivity contribution is 5.38. The van der Waals surface area contributed by atoms with Crippen LogP contribution in [0.4, 0.5) is 0 Å². The molecule has 1 atom stereocenters. The molecule has 0 aliphatic rings. The number of hydrogen-bond acceptors (Lipinski definition) is 4. The minimum atomic E-state index is 0.200. The van der Waals surface area contributed by atoms with E-state index in [1.165, 1.54) is 0 Å². The van der Waals surface area contributed by atoms with Gasteiger partial charge in [-0.1, -0.05) is 6.07 Å². The van der Waals surface area contributed by atoms with Crippen LogP contribution in [-0.2, 0) is 6.54 Å². The molecule has 3 rings (SSSR count). The molecule has 3 aromatic rings. The predicted octanol–water partition coefficient (Wildman–Crippen LogP) is 2.28. The van der Waals surface area contributed by atoms with Crippen molar-refractivity contribution in [2.75, 3.05) is 0 Å². The Morgan fingerprint density at radius 1 is 1.30 bits per heavy atom. The first-order chi connectivity index (χ1) is 9.72. The summed E-state index contributed by atoms with van der Waals surface area (Å²) in [6.45, 7) is 4.81. The van der Waals surface area contributed by atoms with Crippen molar-refractivity contribution in [3.8, 4) is 0 Å². The number of hydrogen-bond donors (Lipinski definition) is 1. The Morgan fingerprint density at radius 2 is 2.20 bits per heavy atom. The number of nitrogens with zero attached hydrogens (tertiary/aromatic N) is 4. The minimum Gasteiger partial charge on any atom is -0.305 e. The summed E-state index contributed by atoms with van der Waals surface area (Å²) in [5, 5.41) is 7.82. The van der Waals surface area contributed by atoms with Crippen LogP contribution in [0.3, 0.4) is 0 Å². The van der Waals surface area contributed by atoms with Crippen LogP contribution in [-0.4, -0.2) is 19.6 Å². The second kappa shape index (κ2) is 5.38. The normalized spacial score (nSPS) is 12.7. The van der Waals surface area contributed by atoms with Crippen molar-refractivity contribution in [2.45, 2.75) is 26.4 Å². The Labute approximate surface area is 117 Å². The fraction of sp³-hybridized carbons (Fsp3) is 0.267. The van der Waals surface area contributed by atoms with Gasteiger partial charge in [-0.15, -0.1) is 0 Å². The van der Waals surface area contributed by atoms with Crippen molar-refractivity contribution in [3.05, 3.63) is 59.8 Å². The molecule has 0 spiro atoms. The summed E-state index contributed by atoms with van der Waals surface area (Å²) < 4.78 is 1.82. The first kappa shape index (κ1) is 12.7. The fourth-order valence-electron chi connectivity index (χ4n) is 2.13. The van der Waals surface area contributed by atoms with Crippen LogP contribution >= 0.6 is 0 Å². The first-order valence-corrected chi connectivity index (χ1v) is 6.67. The molecule has 5 nitrogen and oxygen atoms in total. The molecule has 0 amide bonds. The summed E-state index contributed by atoms with van der Waals surface area (Å²) in [6, 6.07) is 8.12. The van der Waals surface area contributed by atoms with E-state index < -0.39 is 0 Å². The van der Waals surface area contributed by atoms with E-state index in [0.717, 1.165) is 29.1 Å². The van der Waals surface area contributed by atoms with Crippen LogP contribution in [0.25, 0.3) is 5.65 Å². The third kappa shape index (κ3) is 2.67. The lowest BCUT2D eigenvalue weighted by atomic mass is 10.2. The average Bonchev–Trinajstić information content (AvgIpc) is 2.85. The number of aryl methyl sites for hydroxylation is 1. The smallest absolute Gasteiger partial charge is 0.155 e. The molecule has 102 valence electrons. The Hall–Kier alpha value is -2.27. The van der Waals surface area contributed by atoms with Gasteiger partial charge >= 0.3 is 0 Å². The van der Waals surface area contributed by atoms with Gasteiger partial charge in [-0.3, -0.25) is 4.98 Å². The largest absolute Gasteiger partial charge is 0.305 e. The topological polar surface area (TPSA) is 55.1 Å². The van der Waals surface area contributed by atoms with Crippen LogP contribution in [0.15, 0.2) is 42.9 Å². The van der Waals surface area contributed by atoms with Crippen molar-refractivity contribution in [1.29, 1.82) is 0 Å². The van der Waals surface area contributed by atoms with Gasteiger partial charge in [0.25, 0.3) is 0 Å². The molecule has 1 N–H and O–H groups in total. The summed E-state index contributed by atoms with van der Waals surface area (Å²) in [4.78, 5) is 8.75. The van der Waals surface area contributed by atoms with Crippen LogP contribution in [0, 0.1) is 6.92 Å². The van der Waals surface area contributed by atoms with E-state index >= 15 is 0 Å². The van der Waals surface area contributed by atoms with Crippen LogP contribution in [0.1, 0.15) is 29.9 Å². The summed E-state index contributed by atoms with van der Waals surface area (Å²) in [6.07, 6.45) is 5.70. The lowest BCUT2D eigenvalue weighted by Crippen LogP contribution is -2.19. The highest BCUT2D eigenvalue weighted by Gasteiger charge is 2.06. The van der Waals surface area contributed by atoms with Gasteiger partial charge < -0.3 is 5.32 Å². The van der Waals surface area contributed by atoms with Crippen molar-refractivity contribution in [3.63, 3.8) is 0 Å². The Morgan fingerprint density at radius 3 is 3.00 bits per heavy atom. The van der Waals surface area contributed by atoms with Crippen LogP contribution in [0.2, 0.25) is 0 Å². The molecular weight excluding hydrogens is 250 g/mol. The molecule has 5 heteroatoms. The molecule has 0 fully saturated rings.